The van der Waals surface area contributed by atoms with Crippen LogP contribution in [-0.2, 0) is 9.53 Å². The van der Waals surface area contributed by atoms with Gasteiger partial charge in [-0.25, -0.2) is 4.79 Å². The van der Waals surface area contributed by atoms with Gasteiger partial charge in [0.15, 0.2) is 5.60 Å². The Morgan fingerprint density at radius 1 is 1.12 bits per heavy atom. The van der Waals surface area contributed by atoms with Crippen molar-refractivity contribution in [3.8, 4) is 0 Å². The molecular weight excluding hydrogens is 306 g/mol. The number of piperidine rings is 1. The molecule has 5 heteroatoms. The molecule has 1 heterocycles. The Morgan fingerprint density at radius 2 is 1.79 bits per heavy atom. The minimum Gasteiger partial charge on any atom is -0.464 e. The monoisotopic (exact) mass is 327 g/mol. The Hall–Kier alpha value is -2.40. The molecule has 2 aromatic carbocycles. The first-order chi connectivity index (χ1) is 11.5. The van der Waals surface area contributed by atoms with Crippen molar-refractivity contribution < 1.29 is 19.4 Å². The highest BCUT2D eigenvalue weighted by molar-refractivity contribution is 6.07. The van der Waals surface area contributed by atoms with Crippen molar-refractivity contribution in [1.29, 1.82) is 0 Å². The third-order valence-electron chi connectivity index (χ3n) is 4.55. The largest absolute Gasteiger partial charge is 0.464 e. The second-order valence-corrected chi connectivity index (χ2v) is 6.07. The summed E-state index contributed by atoms with van der Waals surface area (Å²) in [6.07, 6.45) is 0.394. The van der Waals surface area contributed by atoms with Crippen LogP contribution in [-0.4, -0.2) is 47.2 Å². The van der Waals surface area contributed by atoms with Gasteiger partial charge in [0.25, 0.3) is 5.91 Å². The number of aliphatic hydroxyl groups is 1. The average molecular weight is 327 g/mol. The van der Waals surface area contributed by atoms with E-state index in [-0.39, 0.29) is 25.4 Å². The number of benzene rings is 2. The molecule has 0 bridgehead atoms. The van der Waals surface area contributed by atoms with Gasteiger partial charge in [0.05, 0.1) is 6.61 Å². The average Bonchev–Trinajstić information content (AvgIpc) is 2.61. The van der Waals surface area contributed by atoms with Gasteiger partial charge in [-0.15, -0.1) is 0 Å². The van der Waals surface area contributed by atoms with Crippen molar-refractivity contribution in [2.24, 2.45) is 0 Å². The van der Waals surface area contributed by atoms with E-state index in [4.69, 9.17) is 4.74 Å². The van der Waals surface area contributed by atoms with Gasteiger partial charge < -0.3 is 14.7 Å². The Balaban J connectivity index is 1.77. The number of rotatable bonds is 3. The second-order valence-electron chi connectivity index (χ2n) is 6.07. The number of carbonyl (C=O) groups is 2. The number of ether oxygens (including phenoxy) is 1. The van der Waals surface area contributed by atoms with Crippen LogP contribution in [0.1, 0.15) is 30.1 Å². The van der Waals surface area contributed by atoms with E-state index >= 15 is 0 Å². The van der Waals surface area contributed by atoms with E-state index in [0.29, 0.717) is 18.7 Å². The van der Waals surface area contributed by atoms with Crippen LogP contribution < -0.4 is 0 Å². The topological polar surface area (TPSA) is 66.8 Å². The summed E-state index contributed by atoms with van der Waals surface area (Å²) in [6, 6.07) is 13.4. The molecule has 126 valence electrons. The molecule has 1 saturated heterocycles. The van der Waals surface area contributed by atoms with Crippen LogP contribution in [0.3, 0.4) is 0 Å². The third-order valence-corrected chi connectivity index (χ3v) is 4.55. The first-order valence-electron chi connectivity index (χ1n) is 8.22. The van der Waals surface area contributed by atoms with Gasteiger partial charge in [0.2, 0.25) is 0 Å². The lowest BCUT2D eigenvalue weighted by Crippen LogP contribution is -2.51. The van der Waals surface area contributed by atoms with Gasteiger partial charge in [0.1, 0.15) is 0 Å². The number of hydrogen-bond acceptors (Lipinski definition) is 4. The van der Waals surface area contributed by atoms with Crippen LogP contribution in [0.5, 0.6) is 0 Å². The third kappa shape index (κ3) is 2.99. The molecule has 2 aromatic rings. The number of esters is 1. The smallest absolute Gasteiger partial charge is 0.338 e. The predicted molar refractivity (Wildman–Crippen MR) is 90.7 cm³/mol. The molecule has 24 heavy (non-hydrogen) atoms. The van der Waals surface area contributed by atoms with E-state index in [1.165, 1.54) is 0 Å². The number of likely N-dealkylation sites (tertiary alicyclic amines) is 1. The van der Waals surface area contributed by atoms with Crippen LogP contribution in [0, 0.1) is 0 Å². The maximum Gasteiger partial charge on any atom is 0.338 e. The van der Waals surface area contributed by atoms with E-state index in [9.17, 15) is 14.7 Å². The maximum absolute atomic E-state index is 12.8. The minimum atomic E-state index is -1.48. The number of carbonyl (C=O) groups excluding carboxylic acids is 2. The highest BCUT2D eigenvalue weighted by atomic mass is 16.5. The Kier molecular flexibility index (Phi) is 4.53. The van der Waals surface area contributed by atoms with E-state index in [0.717, 1.165) is 10.8 Å². The highest BCUT2D eigenvalue weighted by Crippen LogP contribution is 2.26. The summed E-state index contributed by atoms with van der Waals surface area (Å²) in [7, 11) is 0. The summed E-state index contributed by atoms with van der Waals surface area (Å²) >= 11 is 0. The zero-order valence-electron chi connectivity index (χ0n) is 13.7. The van der Waals surface area contributed by atoms with Gasteiger partial charge in [-0.2, -0.15) is 0 Å². The van der Waals surface area contributed by atoms with Crippen LogP contribution in [0.2, 0.25) is 0 Å². The first-order valence-corrected chi connectivity index (χ1v) is 8.22. The van der Waals surface area contributed by atoms with Crippen molar-refractivity contribution >= 4 is 22.6 Å². The normalized spacial score (nSPS) is 16.8. The Labute approximate surface area is 140 Å². The van der Waals surface area contributed by atoms with Crippen LogP contribution in [0.15, 0.2) is 42.5 Å². The zero-order valence-corrected chi connectivity index (χ0v) is 13.7. The highest BCUT2D eigenvalue weighted by Gasteiger charge is 2.41. The number of fused-ring (bicyclic) bond motifs is 1. The van der Waals surface area contributed by atoms with E-state index in [2.05, 4.69) is 0 Å². The van der Waals surface area contributed by atoms with Crippen LogP contribution in [0.25, 0.3) is 10.8 Å². The lowest BCUT2D eigenvalue weighted by atomic mass is 9.91. The fraction of sp³-hybridized carbons (Fsp3) is 0.368. The van der Waals surface area contributed by atoms with E-state index in [1.807, 2.05) is 42.5 Å². The molecular formula is C19H21NO4. The second kappa shape index (κ2) is 6.61. The van der Waals surface area contributed by atoms with Gasteiger partial charge in [-0.05, 0) is 23.8 Å². The Morgan fingerprint density at radius 3 is 2.50 bits per heavy atom. The molecule has 1 aliphatic rings. The number of nitrogens with zero attached hydrogens (tertiary/aromatic N) is 1. The summed E-state index contributed by atoms with van der Waals surface area (Å²) in [5.74, 6) is -0.667. The van der Waals surface area contributed by atoms with Crippen molar-refractivity contribution in [2.45, 2.75) is 25.4 Å². The SMILES string of the molecule is CCOC(=O)C1(O)CCN(C(=O)c2cccc3ccccc23)CC1. The lowest BCUT2D eigenvalue weighted by molar-refractivity contribution is -0.169. The summed E-state index contributed by atoms with van der Waals surface area (Å²) < 4.78 is 4.93. The fourth-order valence-electron chi connectivity index (χ4n) is 3.13. The van der Waals surface area contributed by atoms with Crippen molar-refractivity contribution in [1.82, 2.24) is 4.90 Å². The van der Waals surface area contributed by atoms with Gasteiger partial charge in [0, 0.05) is 31.5 Å². The Bertz CT molecular complexity index is 758. The number of hydrogen-bond donors (Lipinski definition) is 1. The standard InChI is InChI=1S/C19H21NO4/c1-2-24-18(22)19(23)10-12-20(13-11-19)17(21)16-9-5-7-14-6-3-4-8-15(14)16/h3-9,23H,2,10-13H2,1H3. The van der Waals surface area contributed by atoms with Gasteiger partial charge in [-0.3, -0.25) is 4.79 Å². The molecule has 0 unspecified atom stereocenters. The maximum atomic E-state index is 12.8. The fourth-order valence-corrected chi connectivity index (χ4v) is 3.13. The summed E-state index contributed by atoms with van der Waals surface area (Å²) in [5.41, 5.74) is -0.833. The molecule has 0 atom stereocenters. The van der Waals surface area contributed by atoms with E-state index in [1.54, 1.807) is 11.8 Å². The van der Waals surface area contributed by atoms with Crippen molar-refractivity contribution in [3.05, 3.63) is 48.0 Å². The van der Waals surface area contributed by atoms with E-state index < -0.39 is 11.6 Å². The predicted octanol–water partition coefficient (Wildman–Crippen LogP) is 2.37. The van der Waals surface area contributed by atoms with Crippen molar-refractivity contribution in [2.75, 3.05) is 19.7 Å². The summed E-state index contributed by atoms with van der Waals surface area (Å²) in [4.78, 5) is 26.4. The number of amides is 1. The molecule has 0 aliphatic carbocycles. The molecule has 1 amide bonds. The van der Waals surface area contributed by atoms with Gasteiger partial charge in [-0.1, -0.05) is 36.4 Å². The molecule has 0 aromatic heterocycles. The molecule has 0 spiro atoms. The first kappa shape index (κ1) is 16.5. The van der Waals surface area contributed by atoms with Crippen molar-refractivity contribution in [3.63, 3.8) is 0 Å². The summed E-state index contributed by atoms with van der Waals surface area (Å²) in [5, 5.41) is 12.3. The molecule has 0 saturated carbocycles. The molecule has 1 N–H and O–H groups in total. The molecule has 1 fully saturated rings. The molecule has 1 aliphatic heterocycles. The quantitative estimate of drug-likeness (QED) is 0.879. The molecule has 5 nitrogen and oxygen atoms in total. The van der Waals surface area contributed by atoms with Crippen LogP contribution >= 0.6 is 0 Å². The molecule has 3 rings (SSSR count). The lowest BCUT2D eigenvalue weighted by Gasteiger charge is -2.36. The van der Waals surface area contributed by atoms with Crippen LogP contribution in [0.4, 0.5) is 0 Å². The molecule has 0 radical (unpaired) electrons. The zero-order chi connectivity index (χ0) is 17.2. The summed E-state index contributed by atoms with van der Waals surface area (Å²) in [6.45, 7) is 2.61. The van der Waals surface area contributed by atoms with Gasteiger partial charge >= 0.3 is 5.97 Å². The minimum absolute atomic E-state index is 0.0716.